The number of Topliss-reactive ketones (excluding diaryl/α,β-unsaturated/α-hetero) is 1. The largest absolute Gasteiger partial charge is 0.480 e. The maximum Gasteiger partial charge on any atom is 0.319 e. The van der Waals surface area contributed by atoms with Crippen LogP contribution in [0.25, 0.3) is 0 Å². The van der Waals surface area contributed by atoms with Crippen LogP contribution in [-0.2, 0) is 23.9 Å². The van der Waals surface area contributed by atoms with E-state index in [-0.39, 0.29) is 11.3 Å². The molecule has 6 nitrogen and oxygen atoms in total. The van der Waals surface area contributed by atoms with Gasteiger partial charge in [0.05, 0.1) is 11.5 Å². The first-order valence-electron chi connectivity index (χ1n) is 7.51. The van der Waals surface area contributed by atoms with Crippen LogP contribution in [0.5, 0.6) is 0 Å². The van der Waals surface area contributed by atoms with Crippen LogP contribution < -0.4 is 0 Å². The number of rotatable bonds is 7. The molecule has 1 atom stereocenters. The molecule has 0 bridgehead atoms. The van der Waals surface area contributed by atoms with E-state index in [2.05, 4.69) is 0 Å². The topological polar surface area (TPSA) is 97.7 Å². The van der Waals surface area contributed by atoms with Gasteiger partial charge in [-0.2, -0.15) is 8.42 Å². The van der Waals surface area contributed by atoms with Crippen molar-refractivity contribution in [3.63, 3.8) is 0 Å². The molecule has 0 amide bonds. The van der Waals surface area contributed by atoms with E-state index < -0.39 is 39.3 Å². The Bertz CT molecular complexity index is 712. The zero-order chi connectivity index (χ0) is 18.8. The molecule has 134 valence electrons. The molecule has 1 unspecified atom stereocenters. The van der Waals surface area contributed by atoms with E-state index in [1.54, 1.807) is 32.9 Å². The summed E-state index contributed by atoms with van der Waals surface area (Å²) in [4.78, 5) is 23.8. The van der Waals surface area contributed by atoms with Gasteiger partial charge in [-0.05, 0) is 31.4 Å². The van der Waals surface area contributed by atoms with E-state index in [0.717, 1.165) is 5.56 Å². The minimum absolute atomic E-state index is 0.00371. The van der Waals surface area contributed by atoms with Crippen molar-refractivity contribution in [2.24, 2.45) is 10.8 Å². The van der Waals surface area contributed by atoms with Gasteiger partial charge in [0.25, 0.3) is 10.1 Å². The van der Waals surface area contributed by atoms with E-state index in [0.29, 0.717) is 0 Å². The Kier molecular flexibility index (Phi) is 5.95. The van der Waals surface area contributed by atoms with Crippen LogP contribution in [0.3, 0.4) is 0 Å². The van der Waals surface area contributed by atoms with Crippen molar-refractivity contribution in [2.45, 2.75) is 45.9 Å². The first-order chi connectivity index (χ1) is 10.8. The van der Waals surface area contributed by atoms with E-state index in [1.807, 2.05) is 6.92 Å². The van der Waals surface area contributed by atoms with Gasteiger partial charge in [-0.15, -0.1) is 0 Å². The highest BCUT2D eigenvalue weighted by molar-refractivity contribution is 7.86. The Morgan fingerprint density at radius 3 is 2.00 bits per heavy atom. The molecule has 0 fully saturated rings. The molecule has 1 N–H and O–H groups in total. The monoisotopic (exact) mass is 356 g/mol. The van der Waals surface area contributed by atoms with Crippen molar-refractivity contribution in [2.75, 3.05) is 6.61 Å². The van der Waals surface area contributed by atoms with Gasteiger partial charge in [0.15, 0.2) is 5.78 Å². The van der Waals surface area contributed by atoms with Crippen molar-refractivity contribution in [3.05, 3.63) is 29.8 Å². The molecule has 0 radical (unpaired) electrons. The van der Waals surface area contributed by atoms with E-state index in [4.69, 9.17) is 4.18 Å². The molecule has 0 saturated heterocycles. The lowest BCUT2D eigenvalue weighted by Crippen LogP contribution is -2.42. The van der Waals surface area contributed by atoms with E-state index >= 15 is 0 Å². The van der Waals surface area contributed by atoms with Gasteiger partial charge in [0, 0.05) is 6.42 Å². The molecule has 0 saturated carbocycles. The Balaban J connectivity index is 2.99. The number of aryl methyl sites for hydroxylation is 1. The van der Waals surface area contributed by atoms with Crippen molar-refractivity contribution in [1.29, 1.82) is 0 Å². The summed E-state index contributed by atoms with van der Waals surface area (Å²) in [6, 6.07) is 5.97. The number of aliphatic carboxylic acids is 1. The van der Waals surface area contributed by atoms with Crippen LogP contribution >= 0.6 is 0 Å². The summed E-state index contributed by atoms with van der Waals surface area (Å²) in [6.07, 6.45) is 0.00371. The summed E-state index contributed by atoms with van der Waals surface area (Å²) in [5, 5.41) is 9.41. The Hall–Kier alpha value is -1.73. The van der Waals surface area contributed by atoms with Crippen LogP contribution in [-0.4, -0.2) is 31.9 Å². The predicted molar refractivity (Wildman–Crippen MR) is 89.1 cm³/mol. The molecule has 1 rings (SSSR count). The average Bonchev–Trinajstić information content (AvgIpc) is 2.43. The summed E-state index contributed by atoms with van der Waals surface area (Å²) in [5.41, 5.74) is -1.46. The summed E-state index contributed by atoms with van der Waals surface area (Å²) >= 11 is 0. The molecule has 0 aliphatic carbocycles. The summed E-state index contributed by atoms with van der Waals surface area (Å²) in [5.74, 6) is -1.97. The van der Waals surface area contributed by atoms with E-state index in [1.165, 1.54) is 19.1 Å². The minimum atomic E-state index is -4.14. The van der Waals surface area contributed by atoms with Gasteiger partial charge in [-0.3, -0.25) is 13.8 Å². The highest BCUT2D eigenvalue weighted by Gasteiger charge is 2.44. The number of carbonyl (C=O) groups is 2. The molecular formula is C17H24O6S. The molecular weight excluding hydrogens is 332 g/mol. The van der Waals surface area contributed by atoms with Crippen molar-refractivity contribution in [3.8, 4) is 0 Å². The molecule has 1 aromatic rings. The maximum absolute atomic E-state index is 12.4. The van der Waals surface area contributed by atoms with Crippen LogP contribution in [0.2, 0.25) is 0 Å². The molecule has 24 heavy (non-hydrogen) atoms. The molecule has 0 aliphatic heterocycles. The molecule has 7 heteroatoms. The lowest BCUT2D eigenvalue weighted by Gasteiger charge is -2.27. The second-order valence-corrected chi connectivity index (χ2v) is 8.94. The van der Waals surface area contributed by atoms with Gasteiger partial charge in [0.2, 0.25) is 0 Å². The highest BCUT2D eigenvalue weighted by atomic mass is 32.2. The Labute approximate surface area is 143 Å². The van der Waals surface area contributed by atoms with Gasteiger partial charge < -0.3 is 5.11 Å². The fraction of sp³-hybridized carbons (Fsp3) is 0.529. The van der Waals surface area contributed by atoms with Crippen LogP contribution in [0.15, 0.2) is 29.2 Å². The van der Waals surface area contributed by atoms with Crippen LogP contribution in [0, 0.1) is 17.8 Å². The smallest absolute Gasteiger partial charge is 0.319 e. The van der Waals surface area contributed by atoms with Gasteiger partial charge in [-0.25, -0.2) is 0 Å². The molecule has 0 aromatic heterocycles. The Morgan fingerprint density at radius 2 is 1.58 bits per heavy atom. The van der Waals surface area contributed by atoms with Gasteiger partial charge >= 0.3 is 5.97 Å². The van der Waals surface area contributed by atoms with Gasteiger partial charge in [-0.1, -0.05) is 38.5 Å². The second kappa shape index (κ2) is 7.03. The predicted octanol–water partition coefficient (Wildman–Crippen LogP) is 2.80. The maximum atomic E-state index is 12.4. The summed E-state index contributed by atoms with van der Waals surface area (Å²) < 4.78 is 29.3. The third-order valence-corrected chi connectivity index (χ3v) is 4.87. The Morgan fingerprint density at radius 1 is 1.08 bits per heavy atom. The average molecular weight is 356 g/mol. The summed E-state index contributed by atoms with van der Waals surface area (Å²) in [6.45, 7) is 7.66. The summed E-state index contributed by atoms with van der Waals surface area (Å²) in [7, 11) is -4.14. The van der Waals surface area contributed by atoms with Crippen LogP contribution in [0.1, 0.15) is 39.7 Å². The molecule has 1 aromatic carbocycles. The zero-order valence-electron chi connectivity index (χ0n) is 14.6. The molecule has 0 spiro atoms. The molecule has 0 heterocycles. The molecule has 0 aliphatic rings. The number of carboxylic acid groups (broad SMARTS) is 1. The second-order valence-electron chi connectivity index (χ2n) is 7.33. The lowest BCUT2D eigenvalue weighted by molar-refractivity contribution is -0.156. The SMILES string of the molecule is Cc1ccc(S(=O)(=O)OCC(C)(C(=O)O)C(=O)CC(C)(C)C)cc1. The quantitative estimate of drug-likeness (QED) is 0.596. The number of carboxylic acids is 1. The number of hydrogen-bond donors (Lipinski definition) is 1. The number of ketones is 1. The van der Waals surface area contributed by atoms with Crippen molar-refractivity contribution < 1.29 is 27.3 Å². The first kappa shape index (κ1) is 20.3. The fourth-order valence-electron chi connectivity index (χ4n) is 1.91. The van der Waals surface area contributed by atoms with E-state index in [9.17, 15) is 23.1 Å². The fourth-order valence-corrected chi connectivity index (χ4v) is 2.90. The lowest BCUT2D eigenvalue weighted by atomic mass is 9.78. The standard InChI is InChI=1S/C17H24O6S/c1-12-6-8-13(9-7-12)24(21,22)23-11-17(5,15(19)20)14(18)10-16(2,3)4/h6-9H,10-11H2,1-5H3,(H,19,20). The first-order valence-corrected chi connectivity index (χ1v) is 8.91. The number of benzene rings is 1. The van der Waals surface area contributed by atoms with Crippen molar-refractivity contribution >= 4 is 21.9 Å². The third kappa shape index (κ3) is 5.14. The highest BCUT2D eigenvalue weighted by Crippen LogP contribution is 2.29. The van der Waals surface area contributed by atoms with Gasteiger partial charge in [0.1, 0.15) is 5.41 Å². The zero-order valence-corrected chi connectivity index (χ0v) is 15.4. The minimum Gasteiger partial charge on any atom is -0.480 e. The third-order valence-electron chi connectivity index (χ3n) is 3.59. The normalized spacial score (nSPS) is 14.9. The van der Waals surface area contributed by atoms with Crippen LogP contribution in [0.4, 0.5) is 0 Å². The number of carbonyl (C=O) groups excluding carboxylic acids is 1. The van der Waals surface area contributed by atoms with Crippen molar-refractivity contribution in [1.82, 2.24) is 0 Å². The number of hydrogen-bond acceptors (Lipinski definition) is 5.